The Labute approximate surface area is 125 Å². The predicted molar refractivity (Wildman–Crippen MR) is 81.5 cm³/mol. The molecule has 3 rings (SSSR count). The minimum atomic E-state index is -0.926. The molecule has 0 fully saturated rings. The van der Waals surface area contributed by atoms with Crippen molar-refractivity contribution in [3.05, 3.63) is 68.5 Å². The SMILES string of the molecule is OC1(Cc2ccc(I)cc2)CCc2c(F)cccc21. The topological polar surface area (TPSA) is 20.2 Å². The summed E-state index contributed by atoms with van der Waals surface area (Å²) in [6.07, 6.45) is 1.75. The van der Waals surface area contributed by atoms with Crippen LogP contribution in [0.3, 0.4) is 0 Å². The summed E-state index contributed by atoms with van der Waals surface area (Å²) in [6, 6.07) is 13.1. The van der Waals surface area contributed by atoms with Crippen LogP contribution in [0.25, 0.3) is 0 Å². The normalized spacial score (nSPS) is 21.4. The predicted octanol–water partition coefficient (Wildman–Crippen LogP) is 3.81. The molecule has 0 bridgehead atoms. The quantitative estimate of drug-likeness (QED) is 0.800. The number of hydrogen-bond acceptors (Lipinski definition) is 1. The van der Waals surface area contributed by atoms with E-state index in [1.54, 1.807) is 6.07 Å². The molecule has 19 heavy (non-hydrogen) atoms. The average molecular weight is 368 g/mol. The molecule has 0 saturated carbocycles. The van der Waals surface area contributed by atoms with E-state index >= 15 is 0 Å². The molecule has 98 valence electrons. The van der Waals surface area contributed by atoms with Gasteiger partial charge in [-0.1, -0.05) is 24.3 Å². The molecule has 1 aliphatic rings. The average Bonchev–Trinajstić information content (AvgIpc) is 2.72. The Kier molecular flexibility index (Phi) is 3.35. The number of hydrogen-bond donors (Lipinski definition) is 1. The summed E-state index contributed by atoms with van der Waals surface area (Å²) >= 11 is 2.26. The maximum atomic E-state index is 13.7. The van der Waals surface area contributed by atoms with E-state index in [0.29, 0.717) is 24.8 Å². The van der Waals surface area contributed by atoms with E-state index in [4.69, 9.17) is 0 Å². The summed E-state index contributed by atoms with van der Waals surface area (Å²) in [5.41, 5.74) is 1.59. The fourth-order valence-corrected chi connectivity index (χ4v) is 3.20. The second-order valence-electron chi connectivity index (χ2n) is 5.10. The van der Waals surface area contributed by atoms with Gasteiger partial charge >= 0.3 is 0 Å². The van der Waals surface area contributed by atoms with E-state index in [2.05, 4.69) is 22.6 Å². The van der Waals surface area contributed by atoms with Gasteiger partial charge in [0.25, 0.3) is 0 Å². The van der Waals surface area contributed by atoms with Crippen LogP contribution < -0.4 is 0 Å². The van der Waals surface area contributed by atoms with Crippen LogP contribution in [0, 0.1) is 9.39 Å². The maximum absolute atomic E-state index is 13.7. The molecular formula is C16H14FIO. The molecule has 1 atom stereocenters. The molecule has 0 saturated heterocycles. The molecule has 0 radical (unpaired) electrons. The zero-order valence-corrected chi connectivity index (χ0v) is 12.5. The number of benzene rings is 2. The Morgan fingerprint density at radius 3 is 2.63 bits per heavy atom. The Morgan fingerprint density at radius 1 is 1.16 bits per heavy atom. The Morgan fingerprint density at radius 2 is 1.89 bits per heavy atom. The first-order chi connectivity index (χ1) is 9.08. The van der Waals surface area contributed by atoms with Crippen molar-refractivity contribution in [2.24, 2.45) is 0 Å². The van der Waals surface area contributed by atoms with Gasteiger partial charge in [0.1, 0.15) is 5.82 Å². The highest BCUT2D eigenvalue weighted by Crippen LogP contribution is 2.40. The summed E-state index contributed by atoms with van der Waals surface area (Å²) in [4.78, 5) is 0. The van der Waals surface area contributed by atoms with Crippen LogP contribution in [0.1, 0.15) is 23.1 Å². The van der Waals surface area contributed by atoms with E-state index in [0.717, 1.165) is 11.1 Å². The van der Waals surface area contributed by atoms with Crippen molar-refractivity contribution in [2.45, 2.75) is 24.9 Å². The Balaban J connectivity index is 1.94. The third kappa shape index (κ3) is 2.41. The molecule has 0 aromatic heterocycles. The molecule has 2 aromatic carbocycles. The molecule has 0 spiro atoms. The molecule has 0 heterocycles. The largest absolute Gasteiger partial charge is 0.385 e. The molecule has 0 amide bonds. The second kappa shape index (κ2) is 4.87. The zero-order valence-electron chi connectivity index (χ0n) is 10.4. The van der Waals surface area contributed by atoms with Crippen LogP contribution in [0.15, 0.2) is 42.5 Å². The van der Waals surface area contributed by atoms with Crippen molar-refractivity contribution < 1.29 is 9.50 Å². The lowest BCUT2D eigenvalue weighted by Gasteiger charge is -2.24. The Hall–Kier alpha value is -0.940. The molecule has 1 unspecified atom stereocenters. The van der Waals surface area contributed by atoms with Gasteiger partial charge in [-0.2, -0.15) is 0 Å². The third-order valence-electron chi connectivity index (χ3n) is 3.82. The molecule has 0 aliphatic heterocycles. The van der Waals surface area contributed by atoms with E-state index in [9.17, 15) is 9.50 Å². The van der Waals surface area contributed by atoms with Crippen LogP contribution in [-0.4, -0.2) is 5.11 Å². The number of rotatable bonds is 2. The highest BCUT2D eigenvalue weighted by Gasteiger charge is 2.37. The highest BCUT2D eigenvalue weighted by atomic mass is 127. The van der Waals surface area contributed by atoms with E-state index < -0.39 is 5.60 Å². The molecule has 1 aliphatic carbocycles. The zero-order chi connectivity index (χ0) is 13.5. The summed E-state index contributed by atoms with van der Waals surface area (Å²) in [7, 11) is 0. The van der Waals surface area contributed by atoms with Crippen molar-refractivity contribution in [3.8, 4) is 0 Å². The minimum absolute atomic E-state index is 0.198. The number of fused-ring (bicyclic) bond motifs is 1. The number of halogens is 2. The second-order valence-corrected chi connectivity index (χ2v) is 6.35. The fraction of sp³-hybridized carbons (Fsp3) is 0.250. The van der Waals surface area contributed by atoms with Gasteiger partial charge in [-0.25, -0.2) is 4.39 Å². The van der Waals surface area contributed by atoms with Gasteiger partial charge in [-0.3, -0.25) is 0 Å². The molecule has 2 aromatic rings. The first-order valence-electron chi connectivity index (χ1n) is 6.33. The lowest BCUT2D eigenvalue weighted by molar-refractivity contribution is 0.0389. The van der Waals surface area contributed by atoms with E-state index in [-0.39, 0.29) is 5.82 Å². The van der Waals surface area contributed by atoms with Gasteiger partial charge in [0.05, 0.1) is 5.60 Å². The lowest BCUT2D eigenvalue weighted by Crippen LogP contribution is -2.25. The monoisotopic (exact) mass is 368 g/mol. The van der Waals surface area contributed by atoms with E-state index in [1.807, 2.05) is 30.3 Å². The van der Waals surface area contributed by atoms with Crippen molar-refractivity contribution >= 4 is 22.6 Å². The Bertz CT molecular complexity index is 609. The van der Waals surface area contributed by atoms with Crippen molar-refractivity contribution in [1.82, 2.24) is 0 Å². The van der Waals surface area contributed by atoms with Crippen molar-refractivity contribution in [3.63, 3.8) is 0 Å². The van der Waals surface area contributed by atoms with Crippen LogP contribution >= 0.6 is 22.6 Å². The van der Waals surface area contributed by atoms with Gasteiger partial charge in [0.15, 0.2) is 0 Å². The standard InChI is InChI=1S/C16H14FIO/c17-15-3-1-2-14-13(15)8-9-16(14,19)10-11-4-6-12(18)7-5-11/h1-7,19H,8-10H2. The van der Waals surface area contributed by atoms with E-state index in [1.165, 1.54) is 9.64 Å². The molecule has 3 heteroatoms. The minimum Gasteiger partial charge on any atom is -0.385 e. The van der Waals surface area contributed by atoms with Gasteiger partial charge in [0, 0.05) is 9.99 Å². The van der Waals surface area contributed by atoms with Gasteiger partial charge in [-0.15, -0.1) is 0 Å². The highest BCUT2D eigenvalue weighted by molar-refractivity contribution is 14.1. The van der Waals surface area contributed by atoms with Crippen LogP contribution in [0.4, 0.5) is 4.39 Å². The maximum Gasteiger partial charge on any atom is 0.126 e. The van der Waals surface area contributed by atoms with Crippen molar-refractivity contribution in [2.75, 3.05) is 0 Å². The lowest BCUT2D eigenvalue weighted by atomic mass is 9.89. The van der Waals surface area contributed by atoms with Gasteiger partial charge < -0.3 is 5.11 Å². The molecule has 1 nitrogen and oxygen atoms in total. The molecular weight excluding hydrogens is 354 g/mol. The number of aliphatic hydroxyl groups is 1. The van der Waals surface area contributed by atoms with Crippen LogP contribution in [-0.2, 0) is 18.4 Å². The summed E-state index contributed by atoms with van der Waals surface area (Å²) in [5, 5.41) is 10.8. The third-order valence-corrected chi connectivity index (χ3v) is 4.54. The summed E-state index contributed by atoms with van der Waals surface area (Å²) < 4.78 is 14.9. The van der Waals surface area contributed by atoms with Crippen molar-refractivity contribution in [1.29, 1.82) is 0 Å². The van der Waals surface area contributed by atoms with Gasteiger partial charge in [0.2, 0.25) is 0 Å². The smallest absolute Gasteiger partial charge is 0.126 e. The summed E-state index contributed by atoms with van der Waals surface area (Å²) in [6.45, 7) is 0. The van der Waals surface area contributed by atoms with Gasteiger partial charge in [-0.05, 0) is 70.3 Å². The fourth-order valence-electron chi connectivity index (χ4n) is 2.84. The van der Waals surface area contributed by atoms with Crippen LogP contribution in [0.2, 0.25) is 0 Å². The summed E-state index contributed by atoms with van der Waals surface area (Å²) in [5.74, 6) is -0.198. The first-order valence-corrected chi connectivity index (χ1v) is 7.41. The molecule has 1 N–H and O–H groups in total. The van der Waals surface area contributed by atoms with Crippen LogP contribution in [0.5, 0.6) is 0 Å². The first kappa shape index (κ1) is 13.1.